The lowest BCUT2D eigenvalue weighted by Gasteiger charge is -2.14. The molecule has 0 bridgehead atoms. The Morgan fingerprint density at radius 2 is 1.77 bits per heavy atom. The number of halogens is 1. The molecule has 5 heteroatoms. The van der Waals surface area contributed by atoms with Gasteiger partial charge in [-0.3, -0.25) is 9.59 Å². The smallest absolute Gasteiger partial charge is 0.202 e. The van der Waals surface area contributed by atoms with Gasteiger partial charge in [-0.1, -0.05) is 35.9 Å². The van der Waals surface area contributed by atoms with Gasteiger partial charge in [0.25, 0.3) is 0 Å². The second-order valence-electron chi connectivity index (χ2n) is 7.56. The molecule has 4 aromatic rings. The molecule has 0 fully saturated rings. The third-order valence-corrected chi connectivity index (χ3v) is 5.24. The summed E-state index contributed by atoms with van der Waals surface area (Å²) in [6.07, 6.45) is 1.51. The van der Waals surface area contributed by atoms with Crippen LogP contribution in [0.5, 0.6) is 0 Å². The van der Waals surface area contributed by atoms with Gasteiger partial charge < -0.3 is 4.57 Å². The van der Waals surface area contributed by atoms with Gasteiger partial charge in [-0.2, -0.15) is 0 Å². The molecule has 150 valence electrons. The molecule has 0 amide bonds. The Labute approximate surface area is 173 Å². The first kappa shape index (κ1) is 19.7. The maximum absolute atomic E-state index is 14.3. The molecule has 4 nitrogen and oxygen atoms in total. The number of carbonyl (C=O) groups is 1. The molecular weight excluding hydrogens is 379 g/mol. The first-order valence-corrected chi connectivity index (χ1v) is 9.71. The number of hydrogen-bond donors (Lipinski definition) is 0. The summed E-state index contributed by atoms with van der Waals surface area (Å²) in [5.41, 5.74) is 3.53. The van der Waals surface area contributed by atoms with Crippen LogP contribution in [0.4, 0.5) is 4.39 Å². The lowest BCUT2D eigenvalue weighted by molar-refractivity contribution is 0.103. The highest BCUT2D eigenvalue weighted by Gasteiger charge is 2.20. The van der Waals surface area contributed by atoms with E-state index < -0.39 is 0 Å². The van der Waals surface area contributed by atoms with E-state index in [-0.39, 0.29) is 29.1 Å². The van der Waals surface area contributed by atoms with E-state index in [1.165, 1.54) is 12.3 Å². The minimum Gasteiger partial charge on any atom is -0.327 e. The molecule has 2 aromatic heterocycles. The van der Waals surface area contributed by atoms with Crippen molar-refractivity contribution in [2.24, 2.45) is 0 Å². The van der Waals surface area contributed by atoms with E-state index in [9.17, 15) is 14.0 Å². The Morgan fingerprint density at radius 1 is 1.00 bits per heavy atom. The van der Waals surface area contributed by atoms with Crippen LogP contribution in [0.3, 0.4) is 0 Å². The van der Waals surface area contributed by atoms with Crippen molar-refractivity contribution in [1.82, 2.24) is 9.55 Å². The lowest BCUT2D eigenvalue weighted by atomic mass is 9.97. The number of carbonyl (C=O) groups excluding carboxylic acids is 1. The van der Waals surface area contributed by atoms with Gasteiger partial charge in [0.05, 0.1) is 17.5 Å². The Morgan fingerprint density at radius 3 is 2.53 bits per heavy atom. The van der Waals surface area contributed by atoms with Crippen LogP contribution >= 0.6 is 0 Å². The highest BCUT2D eigenvalue weighted by molar-refractivity contribution is 6.10. The average Bonchev–Trinajstić information content (AvgIpc) is 2.72. The van der Waals surface area contributed by atoms with Crippen molar-refractivity contribution in [1.29, 1.82) is 0 Å². The molecule has 0 N–H and O–H groups in total. The monoisotopic (exact) mass is 400 g/mol. The van der Waals surface area contributed by atoms with Crippen LogP contribution in [0.2, 0.25) is 0 Å². The Kier molecular flexibility index (Phi) is 5.04. The number of aromatic nitrogens is 2. The average molecular weight is 400 g/mol. The van der Waals surface area contributed by atoms with Crippen molar-refractivity contribution >= 4 is 16.8 Å². The van der Waals surface area contributed by atoms with E-state index in [2.05, 4.69) is 4.98 Å². The van der Waals surface area contributed by atoms with Crippen molar-refractivity contribution in [2.75, 3.05) is 0 Å². The van der Waals surface area contributed by atoms with E-state index in [1.807, 2.05) is 32.9 Å². The van der Waals surface area contributed by atoms with E-state index in [1.54, 1.807) is 41.0 Å². The number of benzene rings is 2. The summed E-state index contributed by atoms with van der Waals surface area (Å²) in [7, 11) is 0. The molecule has 0 radical (unpaired) electrons. The predicted octanol–water partition coefficient (Wildman–Crippen LogP) is 4.74. The van der Waals surface area contributed by atoms with Gasteiger partial charge in [0, 0.05) is 23.0 Å². The molecule has 0 aliphatic carbocycles. The van der Waals surface area contributed by atoms with Crippen LogP contribution in [-0.4, -0.2) is 15.3 Å². The second-order valence-corrected chi connectivity index (χ2v) is 7.56. The van der Waals surface area contributed by atoms with Gasteiger partial charge in [-0.25, -0.2) is 9.37 Å². The molecule has 0 aliphatic heterocycles. The van der Waals surface area contributed by atoms with Crippen molar-refractivity contribution in [3.63, 3.8) is 0 Å². The summed E-state index contributed by atoms with van der Waals surface area (Å²) < 4.78 is 16.0. The maximum Gasteiger partial charge on any atom is 0.202 e. The van der Waals surface area contributed by atoms with Gasteiger partial charge in [0.15, 0.2) is 5.78 Å². The van der Waals surface area contributed by atoms with Crippen LogP contribution in [0.15, 0.2) is 65.6 Å². The third kappa shape index (κ3) is 3.54. The number of fused-ring (bicyclic) bond motifs is 1. The zero-order valence-corrected chi connectivity index (χ0v) is 17.1. The summed E-state index contributed by atoms with van der Waals surface area (Å²) in [5.74, 6) is -0.689. The van der Waals surface area contributed by atoms with E-state index in [0.29, 0.717) is 22.2 Å². The molecule has 0 saturated heterocycles. The van der Waals surface area contributed by atoms with Crippen LogP contribution in [-0.2, 0) is 6.54 Å². The summed E-state index contributed by atoms with van der Waals surface area (Å²) in [6, 6.07) is 15.4. The van der Waals surface area contributed by atoms with Gasteiger partial charge in [0.2, 0.25) is 5.43 Å². The maximum atomic E-state index is 14.3. The van der Waals surface area contributed by atoms with Gasteiger partial charge in [-0.05, 0) is 50.6 Å². The first-order valence-electron chi connectivity index (χ1n) is 9.71. The number of hydrogen-bond acceptors (Lipinski definition) is 3. The fourth-order valence-electron chi connectivity index (χ4n) is 3.58. The summed E-state index contributed by atoms with van der Waals surface area (Å²) >= 11 is 0. The molecule has 2 heterocycles. The van der Waals surface area contributed by atoms with Crippen LogP contribution in [0.1, 0.15) is 38.3 Å². The second kappa shape index (κ2) is 7.67. The summed E-state index contributed by atoms with van der Waals surface area (Å²) in [6.45, 7) is 5.73. The van der Waals surface area contributed by atoms with Gasteiger partial charge >= 0.3 is 0 Å². The van der Waals surface area contributed by atoms with Crippen molar-refractivity contribution in [2.45, 2.75) is 27.3 Å². The molecular formula is C25H21FN2O2. The van der Waals surface area contributed by atoms with Crippen LogP contribution in [0.25, 0.3) is 11.0 Å². The number of ketones is 1. The first-order chi connectivity index (χ1) is 14.3. The van der Waals surface area contributed by atoms with Crippen LogP contribution in [0, 0.1) is 26.6 Å². The fourth-order valence-corrected chi connectivity index (χ4v) is 3.58. The lowest BCUT2D eigenvalue weighted by Crippen LogP contribution is -2.21. The van der Waals surface area contributed by atoms with Crippen molar-refractivity contribution < 1.29 is 9.18 Å². The topological polar surface area (TPSA) is 52.0 Å². The standard InChI is InChI=1S/C25H21FN2O2/c1-15-8-9-16(2)20(12-15)24(30)21-14-28(13-18-6-4-5-7-22(18)26)25-19(23(21)29)11-10-17(3)27-25/h4-12,14H,13H2,1-3H3. The molecule has 2 aromatic carbocycles. The molecule has 0 aliphatic rings. The highest BCUT2D eigenvalue weighted by Crippen LogP contribution is 2.19. The Hall–Kier alpha value is -3.60. The molecule has 0 spiro atoms. The minimum atomic E-state index is -0.367. The zero-order chi connectivity index (χ0) is 21.4. The minimum absolute atomic E-state index is 0.0539. The Bertz CT molecular complexity index is 1360. The molecule has 0 atom stereocenters. The molecule has 30 heavy (non-hydrogen) atoms. The number of rotatable bonds is 4. The zero-order valence-electron chi connectivity index (χ0n) is 17.1. The number of pyridine rings is 2. The normalized spacial score (nSPS) is 11.1. The summed E-state index contributed by atoms with van der Waals surface area (Å²) in [5, 5.41) is 0.341. The largest absolute Gasteiger partial charge is 0.327 e. The van der Waals surface area contributed by atoms with Crippen LogP contribution < -0.4 is 5.43 Å². The van der Waals surface area contributed by atoms with Gasteiger partial charge in [-0.15, -0.1) is 0 Å². The molecule has 0 unspecified atom stereocenters. The molecule has 0 saturated carbocycles. The quantitative estimate of drug-likeness (QED) is 0.465. The van der Waals surface area contributed by atoms with Gasteiger partial charge in [0.1, 0.15) is 11.5 Å². The highest BCUT2D eigenvalue weighted by atomic mass is 19.1. The van der Waals surface area contributed by atoms with Crippen molar-refractivity contribution in [3.8, 4) is 0 Å². The van der Waals surface area contributed by atoms with Crippen molar-refractivity contribution in [3.05, 3.63) is 110 Å². The third-order valence-electron chi connectivity index (χ3n) is 5.24. The predicted molar refractivity (Wildman–Crippen MR) is 116 cm³/mol. The Balaban J connectivity index is 1.95. The summed E-state index contributed by atoms with van der Waals surface area (Å²) in [4.78, 5) is 31.0. The fraction of sp³-hybridized carbons (Fsp3) is 0.160. The van der Waals surface area contributed by atoms with E-state index in [4.69, 9.17) is 0 Å². The number of aryl methyl sites for hydroxylation is 3. The SMILES string of the molecule is Cc1ccc(C)c(C(=O)c2cn(Cc3ccccc3F)c3nc(C)ccc3c2=O)c1. The van der Waals surface area contributed by atoms with E-state index in [0.717, 1.165) is 16.8 Å². The number of nitrogens with zero attached hydrogens (tertiary/aromatic N) is 2. The van der Waals surface area contributed by atoms with E-state index >= 15 is 0 Å². The molecule has 4 rings (SSSR count).